The predicted octanol–water partition coefficient (Wildman–Crippen LogP) is 4.20. The van der Waals surface area contributed by atoms with Crippen LogP contribution in [0.4, 0.5) is 18.9 Å². The van der Waals surface area contributed by atoms with Gasteiger partial charge in [-0.25, -0.2) is 8.42 Å². The van der Waals surface area contributed by atoms with Gasteiger partial charge in [-0.3, -0.25) is 13.9 Å². The number of nitrogens with zero attached hydrogens (tertiary/aromatic N) is 2. The van der Waals surface area contributed by atoms with Crippen LogP contribution in [0.2, 0.25) is 0 Å². The summed E-state index contributed by atoms with van der Waals surface area (Å²) in [4.78, 5) is 28.0. The van der Waals surface area contributed by atoms with E-state index in [9.17, 15) is 31.2 Å². The first-order valence-electron chi connectivity index (χ1n) is 12.1. The highest BCUT2D eigenvalue weighted by molar-refractivity contribution is 7.92. The minimum absolute atomic E-state index is 0.0323. The number of anilines is 1. The Labute approximate surface area is 221 Å². The van der Waals surface area contributed by atoms with Crippen LogP contribution >= 0.6 is 0 Å². The summed E-state index contributed by atoms with van der Waals surface area (Å²) in [5.74, 6) is -0.565. The Kier molecular flexibility index (Phi) is 10.6. The van der Waals surface area contributed by atoms with Gasteiger partial charge >= 0.3 is 6.18 Å². The molecule has 0 heterocycles. The second-order valence-electron chi connectivity index (χ2n) is 8.93. The molecule has 0 aliphatic rings. The fraction of sp³-hybridized carbons (Fsp3) is 0.462. The molecule has 0 aromatic heterocycles. The Morgan fingerprint density at radius 2 is 1.68 bits per heavy atom. The number of benzene rings is 2. The number of sulfonamides is 1. The molecule has 0 bridgehead atoms. The van der Waals surface area contributed by atoms with Gasteiger partial charge in [0.1, 0.15) is 18.3 Å². The molecular weight excluding hydrogens is 523 g/mol. The van der Waals surface area contributed by atoms with E-state index >= 15 is 0 Å². The summed E-state index contributed by atoms with van der Waals surface area (Å²) in [5, 5.41) is 2.85. The molecule has 0 fully saturated rings. The lowest BCUT2D eigenvalue weighted by Gasteiger charge is -2.33. The van der Waals surface area contributed by atoms with Crippen LogP contribution in [0, 0.1) is 0 Å². The topological polar surface area (TPSA) is 96.0 Å². The van der Waals surface area contributed by atoms with Crippen LogP contribution < -0.4 is 14.4 Å². The van der Waals surface area contributed by atoms with E-state index in [4.69, 9.17) is 4.74 Å². The van der Waals surface area contributed by atoms with Gasteiger partial charge in [0.05, 0.1) is 24.6 Å². The Balaban J connectivity index is 2.49. The van der Waals surface area contributed by atoms with E-state index in [0.29, 0.717) is 28.1 Å². The molecule has 2 aromatic rings. The minimum atomic E-state index is -4.70. The van der Waals surface area contributed by atoms with E-state index in [1.807, 2.05) is 13.8 Å². The fourth-order valence-electron chi connectivity index (χ4n) is 3.74. The molecule has 0 saturated carbocycles. The molecule has 0 saturated heterocycles. The molecule has 0 spiro atoms. The highest BCUT2D eigenvalue weighted by Crippen LogP contribution is 2.32. The van der Waals surface area contributed by atoms with Gasteiger partial charge in [-0.1, -0.05) is 32.0 Å². The van der Waals surface area contributed by atoms with Crippen LogP contribution in [-0.2, 0) is 32.3 Å². The molecule has 0 unspecified atom stereocenters. The standard InChI is InChI=1S/C26H34F3N3O5S/c1-6-18(3)30-25(34)23(7-2)31(16-19-11-13-22(37-4)14-12-19)24(33)17-32(38(5,35)36)21-10-8-9-20(15-21)26(27,28)29/h8-15,18,23H,6-7,16-17H2,1-5H3,(H,30,34)/t18-,23+/m0/s1. The van der Waals surface area contributed by atoms with Crippen molar-refractivity contribution >= 4 is 27.5 Å². The number of methoxy groups -OCH3 is 1. The molecule has 0 aliphatic heterocycles. The molecule has 8 nitrogen and oxygen atoms in total. The van der Waals surface area contributed by atoms with Crippen molar-refractivity contribution in [3.8, 4) is 5.75 Å². The largest absolute Gasteiger partial charge is 0.497 e. The van der Waals surface area contributed by atoms with Crippen molar-refractivity contribution in [2.75, 3.05) is 24.2 Å². The van der Waals surface area contributed by atoms with Crippen molar-refractivity contribution in [3.05, 3.63) is 59.7 Å². The number of carbonyl (C=O) groups is 2. The Bertz CT molecular complexity index is 1200. The first-order chi connectivity index (χ1) is 17.7. The van der Waals surface area contributed by atoms with Crippen LogP contribution in [0.5, 0.6) is 5.75 Å². The summed E-state index contributed by atoms with van der Waals surface area (Å²) in [6.45, 7) is 4.61. The van der Waals surface area contributed by atoms with Crippen LogP contribution in [0.15, 0.2) is 48.5 Å². The lowest BCUT2D eigenvalue weighted by molar-refractivity contribution is -0.140. The van der Waals surface area contributed by atoms with Gasteiger partial charge in [-0.2, -0.15) is 13.2 Å². The van der Waals surface area contributed by atoms with Gasteiger partial charge in [0.2, 0.25) is 21.8 Å². The lowest BCUT2D eigenvalue weighted by Crippen LogP contribution is -2.53. The molecule has 1 N–H and O–H groups in total. The number of ether oxygens (including phenoxy) is 1. The third-order valence-electron chi connectivity index (χ3n) is 6.04. The molecule has 0 aliphatic carbocycles. The molecule has 210 valence electrons. The summed E-state index contributed by atoms with van der Waals surface area (Å²) < 4.78 is 70.9. The highest BCUT2D eigenvalue weighted by atomic mass is 32.2. The zero-order chi connectivity index (χ0) is 28.7. The summed E-state index contributed by atoms with van der Waals surface area (Å²) in [5.41, 5.74) is -0.707. The quantitative estimate of drug-likeness (QED) is 0.422. The maximum atomic E-state index is 13.6. The maximum Gasteiger partial charge on any atom is 0.416 e. The molecule has 2 amide bonds. The number of rotatable bonds is 12. The Hall–Kier alpha value is -3.28. The van der Waals surface area contributed by atoms with E-state index < -0.39 is 46.2 Å². The SMILES string of the molecule is CC[C@H](C(=O)N[C@@H](C)CC)N(Cc1ccc(OC)cc1)C(=O)CN(c1cccc(C(F)(F)F)c1)S(C)(=O)=O. The normalized spacial score (nSPS) is 13.4. The minimum Gasteiger partial charge on any atom is -0.497 e. The predicted molar refractivity (Wildman–Crippen MR) is 139 cm³/mol. The summed E-state index contributed by atoms with van der Waals surface area (Å²) in [7, 11) is -2.66. The number of hydrogen-bond donors (Lipinski definition) is 1. The molecular formula is C26H34F3N3O5S. The summed E-state index contributed by atoms with van der Waals surface area (Å²) >= 11 is 0. The number of halogens is 3. The first-order valence-corrected chi connectivity index (χ1v) is 13.9. The zero-order valence-electron chi connectivity index (χ0n) is 22.1. The smallest absolute Gasteiger partial charge is 0.416 e. The van der Waals surface area contributed by atoms with Crippen LogP contribution in [-0.4, -0.2) is 57.1 Å². The van der Waals surface area contributed by atoms with Crippen molar-refractivity contribution in [2.45, 2.75) is 58.4 Å². The van der Waals surface area contributed by atoms with Crippen molar-refractivity contribution < 1.29 is 35.9 Å². The van der Waals surface area contributed by atoms with Crippen molar-refractivity contribution in [1.29, 1.82) is 0 Å². The molecule has 0 radical (unpaired) electrons. The van der Waals surface area contributed by atoms with Gasteiger partial charge < -0.3 is 15.0 Å². The van der Waals surface area contributed by atoms with Crippen molar-refractivity contribution in [2.24, 2.45) is 0 Å². The zero-order valence-corrected chi connectivity index (χ0v) is 22.9. The second-order valence-corrected chi connectivity index (χ2v) is 10.8. The van der Waals surface area contributed by atoms with Gasteiger partial charge in [0.25, 0.3) is 0 Å². The van der Waals surface area contributed by atoms with Crippen LogP contribution in [0.25, 0.3) is 0 Å². The molecule has 2 aromatic carbocycles. The van der Waals surface area contributed by atoms with E-state index in [1.54, 1.807) is 31.2 Å². The number of amides is 2. The lowest BCUT2D eigenvalue weighted by atomic mass is 10.1. The monoisotopic (exact) mass is 557 g/mol. The molecule has 2 atom stereocenters. The first kappa shape index (κ1) is 30.9. The number of nitrogens with one attached hydrogen (secondary N) is 1. The highest BCUT2D eigenvalue weighted by Gasteiger charge is 2.34. The molecule has 38 heavy (non-hydrogen) atoms. The number of carbonyl (C=O) groups excluding carboxylic acids is 2. The van der Waals surface area contributed by atoms with E-state index in [2.05, 4.69) is 5.32 Å². The average molecular weight is 558 g/mol. The number of alkyl halides is 3. The van der Waals surface area contributed by atoms with E-state index in [0.717, 1.165) is 18.4 Å². The van der Waals surface area contributed by atoms with Crippen LogP contribution in [0.3, 0.4) is 0 Å². The Morgan fingerprint density at radius 1 is 1.05 bits per heavy atom. The van der Waals surface area contributed by atoms with Crippen molar-refractivity contribution in [1.82, 2.24) is 10.2 Å². The third-order valence-corrected chi connectivity index (χ3v) is 7.18. The fourth-order valence-corrected chi connectivity index (χ4v) is 4.58. The summed E-state index contributed by atoms with van der Waals surface area (Å²) in [6, 6.07) is 9.43. The van der Waals surface area contributed by atoms with Crippen molar-refractivity contribution in [3.63, 3.8) is 0 Å². The maximum absolute atomic E-state index is 13.6. The average Bonchev–Trinajstić information content (AvgIpc) is 2.86. The van der Waals surface area contributed by atoms with Gasteiger partial charge in [0, 0.05) is 12.6 Å². The number of hydrogen-bond acceptors (Lipinski definition) is 5. The molecule has 2 rings (SSSR count). The van der Waals surface area contributed by atoms with E-state index in [-0.39, 0.29) is 24.7 Å². The molecule has 12 heteroatoms. The van der Waals surface area contributed by atoms with Crippen LogP contribution in [0.1, 0.15) is 44.7 Å². The third kappa shape index (κ3) is 8.37. The van der Waals surface area contributed by atoms with E-state index in [1.165, 1.54) is 18.1 Å². The summed E-state index contributed by atoms with van der Waals surface area (Å²) in [6.07, 6.45) is -3.01. The van der Waals surface area contributed by atoms with Gasteiger partial charge in [0.15, 0.2) is 0 Å². The van der Waals surface area contributed by atoms with Gasteiger partial charge in [-0.05, 0) is 55.7 Å². The Morgan fingerprint density at radius 3 is 2.18 bits per heavy atom. The second kappa shape index (κ2) is 13.0. The van der Waals surface area contributed by atoms with Gasteiger partial charge in [-0.15, -0.1) is 0 Å².